The highest BCUT2D eigenvalue weighted by atomic mass is 32.2. The second-order valence-electron chi connectivity index (χ2n) is 6.08. The number of amides is 1. The lowest BCUT2D eigenvalue weighted by atomic mass is 10.2. The average molecular weight is 400 g/mol. The fraction of sp³-hybridized carbons (Fsp3) is 0.316. The third-order valence-electron chi connectivity index (χ3n) is 4.14. The SMILES string of the molecule is CCn1c(SCC(=O)Nc2ccc3c(c2)OCCCO3)nnc1-c1ccco1. The Bertz CT molecular complexity index is 955. The summed E-state index contributed by atoms with van der Waals surface area (Å²) in [5.74, 6) is 2.73. The Hall–Kier alpha value is -2.94. The van der Waals surface area contributed by atoms with E-state index in [2.05, 4.69) is 15.5 Å². The monoisotopic (exact) mass is 400 g/mol. The molecule has 0 aliphatic carbocycles. The lowest BCUT2D eigenvalue weighted by molar-refractivity contribution is -0.113. The molecule has 1 aromatic carbocycles. The second kappa shape index (κ2) is 8.39. The van der Waals surface area contributed by atoms with Gasteiger partial charge in [0.2, 0.25) is 5.91 Å². The standard InChI is InChI=1S/C19H20N4O4S/c1-2-23-18(15-5-3-8-26-15)21-22-19(23)28-12-17(24)20-13-6-7-14-16(11-13)27-10-4-9-25-14/h3,5-8,11H,2,4,9-10,12H2,1H3,(H,20,24). The molecule has 0 radical (unpaired) electrons. The van der Waals surface area contributed by atoms with E-state index in [1.54, 1.807) is 24.5 Å². The fourth-order valence-corrected chi connectivity index (χ4v) is 3.64. The Morgan fingerprint density at radius 2 is 2.07 bits per heavy atom. The molecule has 28 heavy (non-hydrogen) atoms. The number of carbonyl (C=O) groups excluding carboxylic acids is 1. The van der Waals surface area contributed by atoms with Gasteiger partial charge in [-0.1, -0.05) is 11.8 Å². The lowest BCUT2D eigenvalue weighted by Crippen LogP contribution is -2.14. The van der Waals surface area contributed by atoms with E-state index in [-0.39, 0.29) is 11.7 Å². The zero-order valence-electron chi connectivity index (χ0n) is 15.4. The second-order valence-corrected chi connectivity index (χ2v) is 7.02. The molecule has 8 nitrogen and oxygen atoms in total. The molecular weight excluding hydrogens is 380 g/mol. The first-order valence-corrected chi connectivity index (χ1v) is 10.0. The summed E-state index contributed by atoms with van der Waals surface area (Å²) in [7, 11) is 0. The summed E-state index contributed by atoms with van der Waals surface area (Å²) < 4.78 is 18.6. The van der Waals surface area contributed by atoms with Crippen LogP contribution in [0.15, 0.2) is 46.2 Å². The van der Waals surface area contributed by atoms with Crippen molar-refractivity contribution in [1.82, 2.24) is 14.8 Å². The van der Waals surface area contributed by atoms with Crippen molar-refractivity contribution in [3.05, 3.63) is 36.6 Å². The molecule has 1 aliphatic heterocycles. The van der Waals surface area contributed by atoms with Gasteiger partial charge in [0.1, 0.15) is 0 Å². The number of furan rings is 1. The minimum atomic E-state index is -0.135. The number of benzene rings is 1. The number of nitrogens with one attached hydrogen (secondary N) is 1. The van der Waals surface area contributed by atoms with Crippen molar-refractivity contribution in [1.29, 1.82) is 0 Å². The number of aromatic nitrogens is 3. The van der Waals surface area contributed by atoms with Gasteiger partial charge in [-0.05, 0) is 31.2 Å². The van der Waals surface area contributed by atoms with E-state index in [4.69, 9.17) is 13.9 Å². The van der Waals surface area contributed by atoms with Crippen molar-refractivity contribution >= 4 is 23.4 Å². The van der Waals surface area contributed by atoms with Crippen LogP contribution in [0.25, 0.3) is 11.6 Å². The summed E-state index contributed by atoms with van der Waals surface area (Å²) in [6.07, 6.45) is 2.44. The van der Waals surface area contributed by atoms with Crippen molar-refractivity contribution < 1.29 is 18.7 Å². The van der Waals surface area contributed by atoms with Crippen LogP contribution in [0.4, 0.5) is 5.69 Å². The fourth-order valence-electron chi connectivity index (χ4n) is 2.84. The van der Waals surface area contributed by atoms with Crippen LogP contribution in [0.5, 0.6) is 11.5 Å². The summed E-state index contributed by atoms with van der Waals surface area (Å²) >= 11 is 1.33. The van der Waals surface area contributed by atoms with Crippen LogP contribution < -0.4 is 14.8 Å². The minimum absolute atomic E-state index is 0.135. The van der Waals surface area contributed by atoms with Gasteiger partial charge in [-0.3, -0.25) is 9.36 Å². The Morgan fingerprint density at radius 1 is 1.21 bits per heavy atom. The third kappa shape index (κ3) is 3.99. The highest BCUT2D eigenvalue weighted by Gasteiger charge is 2.17. The first kappa shape index (κ1) is 18.4. The van der Waals surface area contributed by atoms with Crippen LogP contribution in [-0.4, -0.2) is 39.6 Å². The topological polar surface area (TPSA) is 91.4 Å². The first-order chi connectivity index (χ1) is 13.7. The molecule has 3 aromatic rings. The van der Waals surface area contributed by atoms with Gasteiger partial charge in [0.25, 0.3) is 0 Å². The van der Waals surface area contributed by atoms with Crippen LogP contribution in [0.2, 0.25) is 0 Å². The molecule has 1 aliphatic rings. The van der Waals surface area contributed by atoms with Crippen molar-refractivity contribution in [2.75, 3.05) is 24.3 Å². The summed E-state index contributed by atoms with van der Waals surface area (Å²) in [4.78, 5) is 12.4. The molecule has 4 rings (SSSR count). The van der Waals surface area contributed by atoms with Crippen molar-refractivity contribution in [3.8, 4) is 23.1 Å². The van der Waals surface area contributed by atoms with E-state index in [9.17, 15) is 4.79 Å². The molecular formula is C19H20N4O4S. The lowest BCUT2D eigenvalue weighted by Gasteiger charge is -2.10. The van der Waals surface area contributed by atoms with E-state index >= 15 is 0 Å². The van der Waals surface area contributed by atoms with E-state index in [0.29, 0.717) is 53.7 Å². The van der Waals surface area contributed by atoms with Gasteiger partial charge in [0.05, 0.1) is 25.2 Å². The van der Waals surface area contributed by atoms with Gasteiger partial charge < -0.3 is 19.2 Å². The van der Waals surface area contributed by atoms with Crippen LogP contribution in [0.1, 0.15) is 13.3 Å². The highest BCUT2D eigenvalue weighted by molar-refractivity contribution is 7.99. The molecule has 3 heterocycles. The first-order valence-electron chi connectivity index (χ1n) is 9.04. The van der Waals surface area contributed by atoms with Gasteiger partial charge in [-0.25, -0.2) is 0 Å². The molecule has 2 aromatic heterocycles. The predicted octanol–water partition coefficient (Wildman–Crippen LogP) is 3.45. The summed E-state index contributed by atoms with van der Waals surface area (Å²) in [6.45, 7) is 3.91. The zero-order valence-corrected chi connectivity index (χ0v) is 16.2. The molecule has 0 saturated heterocycles. The predicted molar refractivity (Wildman–Crippen MR) is 105 cm³/mol. The average Bonchev–Trinajstić information content (AvgIpc) is 3.31. The summed E-state index contributed by atoms with van der Waals surface area (Å²) in [5, 5.41) is 11.9. The number of nitrogens with zero attached hydrogens (tertiary/aromatic N) is 3. The van der Waals surface area contributed by atoms with E-state index in [1.165, 1.54) is 11.8 Å². The largest absolute Gasteiger partial charge is 0.490 e. The number of anilines is 1. The molecule has 0 fully saturated rings. The maximum absolute atomic E-state index is 12.4. The zero-order chi connectivity index (χ0) is 19.3. The van der Waals surface area contributed by atoms with E-state index < -0.39 is 0 Å². The molecule has 1 N–H and O–H groups in total. The molecule has 0 spiro atoms. The number of ether oxygens (including phenoxy) is 2. The Balaban J connectivity index is 1.39. The number of carbonyl (C=O) groups is 1. The summed E-state index contributed by atoms with van der Waals surface area (Å²) in [6, 6.07) is 9.04. The van der Waals surface area contributed by atoms with E-state index in [1.807, 2.05) is 23.6 Å². The maximum Gasteiger partial charge on any atom is 0.234 e. The number of fused-ring (bicyclic) bond motifs is 1. The van der Waals surface area contributed by atoms with Crippen molar-refractivity contribution in [2.45, 2.75) is 25.0 Å². The Labute approximate surface area is 166 Å². The van der Waals surface area contributed by atoms with Gasteiger partial charge in [-0.15, -0.1) is 10.2 Å². The highest BCUT2D eigenvalue weighted by Crippen LogP contribution is 2.32. The van der Waals surface area contributed by atoms with Crippen LogP contribution in [0.3, 0.4) is 0 Å². The molecule has 9 heteroatoms. The van der Waals surface area contributed by atoms with Gasteiger partial charge in [0, 0.05) is 24.7 Å². The molecule has 0 unspecified atom stereocenters. The Morgan fingerprint density at radius 3 is 2.86 bits per heavy atom. The van der Waals surface area contributed by atoms with Crippen molar-refractivity contribution in [2.24, 2.45) is 0 Å². The molecule has 1 amide bonds. The summed E-state index contributed by atoms with van der Waals surface area (Å²) in [5.41, 5.74) is 0.670. The number of rotatable bonds is 6. The van der Waals surface area contributed by atoms with Crippen LogP contribution in [0, 0.1) is 0 Å². The molecule has 0 atom stereocenters. The van der Waals surface area contributed by atoms with Crippen LogP contribution in [-0.2, 0) is 11.3 Å². The number of hydrogen-bond donors (Lipinski definition) is 1. The normalized spacial score (nSPS) is 13.2. The molecule has 146 valence electrons. The van der Waals surface area contributed by atoms with Crippen molar-refractivity contribution in [3.63, 3.8) is 0 Å². The number of thioether (sulfide) groups is 1. The van der Waals surface area contributed by atoms with Crippen LogP contribution >= 0.6 is 11.8 Å². The smallest absolute Gasteiger partial charge is 0.234 e. The van der Waals surface area contributed by atoms with Gasteiger partial charge >= 0.3 is 0 Å². The Kier molecular flexibility index (Phi) is 5.52. The molecule has 0 bridgehead atoms. The van der Waals surface area contributed by atoms with E-state index in [0.717, 1.165) is 6.42 Å². The minimum Gasteiger partial charge on any atom is -0.490 e. The van der Waals surface area contributed by atoms with Gasteiger partial charge in [0.15, 0.2) is 28.2 Å². The maximum atomic E-state index is 12.4. The molecule has 0 saturated carbocycles. The quantitative estimate of drug-likeness (QED) is 0.634. The van der Waals surface area contributed by atoms with Gasteiger partial charge in [-0.2, -0.15) is 0 Å². The number of hydrogen-bond acceptors (Lipinski definition) is 7. The third-order valence-corrected chi connectivity index (χ3v) is 5.11.